The van der Waals surface area contributed by atoms with E-state index in [0.717, 1.165) is 38.4 Å². The Bertz CT molecular complexity index is 1390. The maximum absolute atomic E-state index is 13.5. The van der Waals surface area contributed by atoms with Crippen LogP contribution in [-0.4, -0.2) is 15.5 Å². The van der Waals surface area contributed by atoms with Gasteiger partial charge in [-0.1, -0.05) is 75.7 Å². The second-order valence-electron chi connectivity index (χ2n) is 9.43. The molecule has 0 atom stereocenters. The first-order valence-electron chi connectivity index (χ1n) is 11.7. The lowest BCUT2D eigenvalue weighted by Crippen LogP contribution is -2.28. The molecule has 6 heteroatoms. The van der Waals surface area contributed by atoms with Crippen LogP contribution in [0, 0.1) is 13.8 Å². The minimum atomic E-state index is -0.234. The van der Waals surface area contributed by atoms with E-state index in [9.17, 15) is 9.59 Å². The lowest BCUT2D eigenvalue weighted by Gasteiger charge is -2.20. The molecule has 34 heavy (non-hydrogen) atoms. The molecule has 0 radical (unpaired) electrons. The topological polar surface area (TPSA) is 64.0 Å². The van der Waals surface area contributed by atoms with Crippen molar-refractivity contribution in [3.05, 3.63) is 80.7 Å². The highest BCUT2D eigenvalue weighted by Crippen LogP contribution is 2.36. The number of hydrogen-bond acceptors (Lipinski definition) is 4. The second-order valence-corrected chi connectivity index (χ2v) is 10.6. The molecule has 0 aliphatic rings. The average Bonchev–Trinajstić information content (AvgIpc) is 3.12. The van der Waals surface area contributed by atoms with Crippen molar-refractivity contribution in [1.82, 2.24) is 9.55 Å². The number of amides is 1. The zero-order valence-electron chi connectivity index (χ0n) is 20.6. The van der Waals surface area contributed by atoms with E-state index < -0.39 is 0 Å². The van der Waals surface area contributed by atoms with Gasteiger partial charge in [0.05, 0.1) is 11.7 Å². The number of aromatic nitrogens is 2. The van der Waals surface area contributed by atoms with Crippen LogP contribution in [0.1, 0.15) is 61.1 Å². The third-order valence-electron chi connectivity index (χ3n) is 6.15. The number of anilines is 1. The van der Waals surface area contributed by atoms with Gasteiger partial charge in [0.2, 0.25) is 5.91 Å². The molecular weight excluding hydrogens is 442 g/mol. The number of carbonyl (C=O) groups is 1. The van der Waals surface area contributed by atoms with Gasteiger partial charge in [-0.05, 0) is 42.4 Å². The van der Waals surface area contributed by atoms with Crippen molar-refractivity contribution in [3.8, 4) is 11.1 Å². The summed E-state index contributed by atoms with van der Waals surface area (Å²) >= 11 is 1.51. The Morgan fingerprint density at radius 3 is 2.21 bits per heavy atom. The molecule has 0 unspecified atom stereocenters. The number of carbonyl (C=O) groups excluding carboxylic acids is 1. The SMILES string of the molecule is Cc1ccc(-c2c(C)sc3ncn(CC(=O)Nc4c(C(C)C)cccc4C(C)C)c(=O)c23)cc1. The van der Waals surface area contributed by atoms with Crippen LogP contribution in [0.25, 0.3) is 21.3 Å². The predicted molar refractivity (Wildman–Crippen MR) is 142 cm³/mol. The van der Waals surface area contributed by atoms with Crippen molar-refractivity contribution in [1.29, 1.82) is 0 Å². The maximum Gasteiger partial charge on any atom is 0.263 e. The van der Waals surface area contributed by atoms with E-state index in [1.807, 2.05) is 56.3 Å². The molecular formula is C28H31N3O2S. The molecule has 0 saturated carbocycles. The first-order valence-corrected chi connectivity index (χ1v) is 12.5. The monoisotopic (exact) mass is 473 g/mol. The highest BCUT2D eigenvalue weighted by Gasteiger charge is 2.19. The van der Waals surface area contributed by atoms with Crippen molar-refractivity contribution >= 4 is 33.1 Å². The van der Waals surface area contributed by atoms with Gasteiger partial charge in [-0.25, -0.2) is 4.98 Å². The minimum Gasteiger partial charge on any atom is -0.324 e. The van der Waals surface area contributed by atoms with Crippen molar-refractivity contribution in [2.24, 2.45) is 0 Å². The van der Waals surface area contributed by atoms with Gasteiger partial charge in [0.25, 0.3) is 5.56 Å². The molecule has 0 aliphatic heterocycles. The summed E-state index contributed by atoms with van der Waals surface area (Å²) < 4.78 is 1.41. The molecule has 2 heterocycles. The summed E-state index contributed by atoms with van der Waals surface area (Å²) in [5.74, 6) is 0.295. The zero-order chi connectivity index (χ0) is 24.6. The Hall–Kier alpha value is -3.25. The van der Waals surface area contributed by atoms with Crippen molar-refractivity contribution in [2.45, 2.75) is 59.9 Å². The fourth-order valence-corrected chi connectivity index (χ4v) is 5.35. The Morgan fingerprint density at radius 2 is 1.62 bits per heavy atom. The number of para-hydroxylation sites is 1. The van der Waals surface area contributed by atoms with E-state index in [-0.39, 0.29) is 29.8 Å². The Balaban J connectivity index is 1.71. The molecule has 4 rings (SSSR count). The standard InChI is InChI=1S/C28H31N3O2S/c1-16(2)21-8-7-9-22(17(3)4)26(21)30-23(32)14-31-15-29-27-25(28(31)33)24(19(6)34-27)20-12-10-18(5)11-13-20/h7-13,15-17H,14H2,1-6H3,(H,30,32). The summed E-state index contributed by atoms with van der Waals surface area (Å²) in [6.07, 6.45) is 1.48. The van der Waals surface area contributed by atoms with Crippen LogP contribution < -0.4 is 10.9 Å². The van der Waals surface area contributed by atoms with Gasteiger partial charge in [-0.2, -0.15) is 0 Å². The van der Waals surface area contributed by atoms with Gasteiger partial charge in [-0.15, -0.1) is 11.3 Å². The number of aryl methyl sites for hydroxylation is 2. The summed E-state index contributed by atoms with van der Waals surface area (Å²) in [5.41, 5.74) is 5.90. The summed E-state index contributed by atoms with van der Waals surface area (Å²) in [5, 5.41) is 3.68. The van der Waals surface area contributed by atoms with Crippen LogP contribution in [0.3, 0.4) is 0 Å². The van der Waals surface area contributed by atoms with E-state index in [1.165, 1.54) is 22.2 Å². The van der Waals surface area contributed by atoms with E-state index in [1.54, 1.807) is 0 Å². The number of nitrogens with one attached hydrogen (secondary N) is 1. The number of fused-ring (bicyclic) bond motifs is 1. The molecule has 1 N–H and O–H groups in total. The normalized spacial score (nSPS) is 11.5. The van der Waals surface area contributed by atoms with E-state index in [4.69, 9.17) is 0 Å². The number of thiophene rings is 1. The maximum atomic E-state index is 13.5. The highest BCUT2D eigenvalue weighted by molar-refractivity contribution is 7.19. The smallest absolute Gasteiger partial charge is 0.263 e. The average molecular weight is 474 g/mol. The molecule has 0 fully saturated rings. The molecule has 2 aromatic carbocycles. The van der Waals surface area contributed by atoms with E-state index in [2.05, 4.69) is 38.0 Å². The van der Waals surface area contributed by atoms with Gasteiger partial charge in [0.1, 0.15) is 11.4 Å². The molecule has 4 aromatic rings. The highest BCUT2D eigenvalue weighted by atomic mass is 32.1. The van der Waals surface area contributed by atoms with Crippen molar-refractivity contribution < 1.29 is 4.79 Å². The zero-order valence-corrected chi connectivity index (χ0v) is 21.4. The van der Waals surface area contributed by atoms with Crippen LogP contribution in [0.4, 0.5) is 5.69 Å². The number of rotatable bonds is 6. The molecule has 1 amide bonds. The van der Waals surface area contributed by atoms with Crippen LogP contribution >= 0.6 is 11.3 Å². The Labute approximate surface area is 204 Å². The van der Waals surface area contributed by atoms with Crippen LogP contribution in [0.15, 0.2) is 53.6 Å². The number of benzene rings is 2. The summed E-state index contributed by atoms with van der Waals surface area (Å²) in [7, 11) is 0. The van der Waals surface area contributed by atoms with Crippen molar-refractivity contribution in [3.63, 3.8) is 0 Å². The summed E-state index contributed by atoms with van der Waals surface area (Å²) in [4.78, 5) is 32.9. The van der Waals surface area contributed by atoms with Gasteiger partial charge >= 0.3 is 0 Å². The third-order valence-corrected chi connectivity index (χ3v) is 7.16. The van der Waals surface area contributed by atoms with E-state index >= 15 is 0 Å². The van der Waals surface area contributed by atoms with Crippen molar-refractivity contribution in [2.75, 3.05) is 5.32 Å². The van der Waals surface area contributed by atoms with E-state index in [0.29, 0.717) is 10.2 Å². The van der Waals surface area contributed by atoms with Gasteiger partial charge in [0.15, 0.2) is 0 Å². The van der Waals surface area contributed by atoms with Gasteiger partial charge in [0, 0.05) is 16.1 Å². The van der Waals surface area contributed by atoms with Crippen LogP contribution in [0.2, 0.25) is 0 Å². The molecule has 0 saturated heterocycles. The number of hydrogen-bond donors (Lipinski definition) is 1. The molecule has 5 nitrogen and oxygen atoms in total. The fraction of sp³-hybridized carbons (Fsp3) is 0.321. The predicted octanol–water partition coefficient (Wildman–Crippen LogP) is 6.63. The fourth-order valence-electron chi connectivity index (χ4n) is 4.35. The minimum absolute atomic E-state index is 0.0893. The second kappa shape index (κ2) is 9.55. The largest absolute Gasteiger partial charge is 0.324 e. The molecule has 2 aromatic heterocycles. The number of nitrogens with zero attached hydrogens (tertiary/aromatic N) is 2. The quantitative estimate of drug-likeness (QED) is 0.342. The lowest BCUT2D eigenvalue weighted by molar-refractivity contribution is -0.116. The van der Waals surface area contributed by atoms with Gasteiger partial charge < -0.3 is 5.32 Å². The van der Waals surface area contributed by atoms with Crippen LogP contribution in [-0.2, 0) is 11.3 Å². The third kappa shape index (κ3) is 4.55. The molecule has 176 valence electrons. The van der Waals surface area contributed by atoms with Crippen LogP contribution in [0.5, 0.6) is 0 Å². The van der Waals surface area contributed by atoms with Gasteiger partial charge in [-0.3, -0.25) is 14.2 Å². The first kappa shape index (κ1) is 23.9. The Morgan fingerprint density at radius 1 is 1.00 bits per heavy atom. The summed E-state index contributed by atoms with van der Waals surface area (Å²) in [6.45, 7) is 12.4. The summed E-state index contributed by atoms with van der Waals surface area (Å²) in [6, 6.07) is 14.3. The first-order chi connectivity index (χ1) is 16.2. The molecule has 0 spiro atoms. The molecule has 0 bridgehead atoms. The lowest BCUT2D eigenvalue weighted by atomic mass is 9.92. The molecule has 0 aliphatic carbocycles. The Kier molecular flexibility index (Phi) is 6.71.